The summed E-state index contributed by atoms with van der Waals surface area (Å²) >= 11 is 0.787. The van der Waals surface area contributed by atoms with Crippen molar-refractivity contribution in [3.05, 3.63) is 0 Å². The molecular weight excluding hydrogens is 254 g/mol. The first kappa shape index (κ1) is 11.2. The van der Waals surface area contributed by atoms with Crippen LogP contribution in [0.15, 0.2) is 9.79 Å². The van der Waals surface area contributed by atoms with Crippen LogP contribution >= 0.6 is 11.3 Å². The minimum Gasteiger partial charge on any atom is -0.224 e. The van der Waals surface area contributed by atoms with Gasteiger partial charge < -0.3 is 0 Å². The summed E-state index contributed by atoms with van der Waals surface area (Å²) in [5.74, 6) is -0.856. The Hall–Kier alpha value is -0.270. The van der Waals surface area contributed by atoms with Crippen LogP contribution < -0.4 is 9.55 Å². The van der Waals surface area contributed by atoms with Crippen LogP contribution in [0.1, 0.15) is 0 Å². The third-order valence-corrected chi connectivity index (χ3v) is 7.19. The lowest BCUT2D eigenvalue weighted by atomic mass is 10.1. The lowest BCUT2D eigenvalue weighted by Gasteiger charge is -2.14. The fourth-order valence-corrected chi connectivity index (χ4v) is 7.54. The highest BCUT2D eigenvalue weighted by atomic mass is 32.2. The maximum atomic E-state index is 11.6. The molecule has 0 N–H and O–H groups in total. The fraction of sp³-hybridized carbons (Fsp3) is 0.333. The van der Waals surface area contributed by atoms with E-state index in [0.29, 0.717) is 0 Å². The molecule has 1 aliphatic heterocycles. The third-order valence-electron chi connectivity index (χ3n) is 2.12. The van der Waals surface area contributed by atoms with E-state index in [0.717, 1.165) is 11.3 Å². The molecule has 4 radical (unpaired) electrons. The Morgan fingerprint density at radius 3 is 1.53 bits per heavy atom. The van der Waals surface area contributed by atoms with Gasteiger partial charge in [-0.05, 0) is 9.55 Å². The van der Waals surface area contributed by atoms with E-state index in [-0.39, 0.29) is 19.3 Å². The van der Waals surface area contributed by atoms with E-state index in [4.69, 9.17) is 15.7 Å². The smallest absolute Gasteiger partial charge is 0.180 e. The van der Waals surface area contributed by atoms with E-state index in [2.05, 4.69) is 0 Å². The molecule has 1 aromatic heterocycles. The molecule has 0 saturated carbocycles. The van der Waals surface area contributed by atoms with Crippen molar-refractivity contribution in [2.24, 2.45) is 0 Å². The fourth-order valence-electron chi connectivity index (χ4n) is 1.45. The van der Waals surface area contributed by atoms with Crippen molar-refractivity contribution in [3.63, 3.8) is 0 Å². The van der Waals surface area contributed by atoms with Gasteiger partial charge in [0.1, 0.15) is 15.7 Å². The van der Waals surface area contributed by atoms with E-state index in [1.165, 1.54) is 0 Å². The molecule has 0 amide bonds. The van der Waals surface area contributed by atoms with Gasteiger partial charge in [-0.1, -0.05) is 0 Å². The average Bonchev–Trinajstić information content (AvgIpc) is 2.38. The van der Waals surface area contributed by atoms with Crippen molar-refractivity contribution in [2.45, 2.75) is 9.79 Å². The summed E-state index contributed by atoms with van der Waals surface area (Å²) in [6.07, 6.45) is 0. The van der Waals surface area contributed by atoms with Gasteiger partial charge in [0, 0.05) is 0 Å². The molecule has 76 valence electrons. The van der Waals surface area contributed by atoms with Crippen LogP contribution in [0.2, 0.25) is 0 Å². The second-order valence-electron chi connectivity index (χ2n) is 3.13. The Bertz CT molecular complexity index is 571. The van der Waals surface area contributed by atoms with Gasteiger partial charge in [0.25, 0.3) is 0 Å². The highest BCUT2D eigenvalue weighted by molar-refractivity contribution is 7.98. The van der Waals surface area contributed by atoms with Gasteiger partial charge in [0.2, 0.25) is 0 Å². The van der Waals surface area contributed by atoms with Crippen LogP contribution in [-0.2, 0) is 19.7 Å². The molecule has 1 aromatic rings. The predicted molar refractivity (Wildman–Crippen MR) is 59.2 cm³/mol. The van der Waals surface area contributed by atoms with Gasteiger partial charge >= 0.3 is 0 Å². The predicted octanol–water partition coefficient (Wildman–Crippen LogP) is -2.10. The first-order valence-electron chi connectivity index (χ1n) is 3.89. The van der Waals surface area contributed by atoms with Crippen molar-refractivity contribution in [3.8, 4) is 0 Å². The van der Waals surface area contributed by atoms with Crippen LogP contribution in [0, 0.1) is 0 Å². The van der Waals surface area contributed by atoms with Gasteiger partial charge in [0.05, 0.1) is 21.3 Å². The zero-order valence-corrected chi connectivity index (χ0v) is 9.88. The molecule has 2 heterocycles. The molecule has 0 atom stereocenters. The summed E-state index contributed by atoms with van der Waals surface area (Å²) in [6.45, 7) is 0. The first-order chi connectivity index (χ1) is 6.76. The SMILES string of the molecule is [B]c1sc([B])c2c1S(=O)(=O)CCS2(=O)=O. The Labute approximate surface area is 94.4 Å². The van der Waals surface area contributed by atoms with Crippen molar-refractivity contribution >= 4 is 56.3 Å². The van der Waals surface area contributed by atoms with Crippen LogP contribution in [0.4, 0.5) is 0 Å². The third kappa shape index (κ3) is 1.57. The molecule has 0 saturated heterocycles. The quantitative estimate of drug-likeness (QED) is 0.500. The number of thiophene rings is 1. The molecule has 1 aliphatic rings. The topological polar surface area (TPSA) is 68.3 Å². The molecule has 0 fully saturated rings. The molecular formula is C6H4B2O4S3. The highest BCUT2D eigenvalue weighted by Crippen LogP contribution is 2.27. The van der Waals surface area contributed by atoms with Crippen molar-refractivity contribution in [1.29, 1.82) is 0 Å². The largest absolute Gasteiger partial charge is 0.224 e. The van der Waals surface area contributed by atoms with Gasteiger partial charge in [-0.15, -0.1) is 0 Å². The zero-order chi connectivity index (χ0) is 11.4. The van der Waals surface area contributed by atoms with Crippen molar-refractivity contribution in [2.75, 3.05) is 11.5 Å². The second kappa shape index (κ2) is 3.11. The lowest BCUT2D eigenvalue weighted by molar-refractivity contribution is 0.577. The second-order valence-corrected chi connectivity index (χ2v) is 8.30. The van der Waals surface area contributed by atoms with E-state index in [1.807, 2.05) is 0 Å². The zero-order valence-electron chi connectivity index (χ0n) is 7.43. The minimum absolute atomic E-state index is 0.0502. The summed E-state index contributed by atoms with van der Waals surface area (Å²) in [7, 11) is 3.71. The number of fused-ring (bicyclic) bond motifs is 1. The summed E-state index contributed by atoms with van der Waals surface area (Å²) in [6, 6.07) is 0. The Morgan fingerprint density at radius 2 is 1.20 bits per heavy atom. The van der Waals surface area contributed by atoms with Crippen LogP contribution in [0.25, 0.3) is 0 Å². The van der Waals surface area contributed by atoms with E-state index >= 15 is 0 Å². The molecule has 0 aromatic carbocycles. The standard InChI is InChI=1S/C6H4B2O4S3/c7-5-3-4(6(8)13-5)15(11,12)2-1-14(3,9)10/h1-2H2. The van der Waals surface area contributed by atoms with Gasteiger partial charge in [0.15, 0.2) is 19.7 Å². The molecule has 2 rings (SSSR count). The Balaban J connectivity index is 2.97. The Kier molecular flexibility index (Phi) is 2.33. The van der Waals surface area contributed by atoms with E-state index in [9.17, 15) is 16.8 Å². The summed E-state index contributed by atoms with van der Waals surface area (Å²) in [4.78, 5) is -0.618. The molecule has 4 nitrogen and oxygen atoms in total. The van der Waals surface area contributed by atoms with E-state index in [1.54, 1.807) is 0 Å². The lowest BCUT2D eigenvalue weighted by Crippen LogP contribution is -2.30. The molecule has 0 unspecified atom stereocenters. The van der Waals surface area contributed by atoms with Crippen LogP contribution in [0.3, 0.4) is 0 Å². The van der Waals surface area contributed by atoms with Gasteiger partial charge in [-0.2, -0.15) is 11.3 Å². The van der Waals surface area contributed by atoms with Crippen molar-refractivity contribution < 1.29 is 16.8 Å². The summed E-state index contributed by atoms with van der Waals surface area (Å²) in [5, 5.41) is 0. The molecule has 15 heavy (non-hydrogen) atoms. The molecule has 0 spiro atoms. The number of sulfone groups is 2. The first-order valence-corrected chi connectivity index (χ1v) is 8.01. The molecule has 9 heteroatoms. The van der Waals surface area contributed by atoms with Gasteiger partial charge in [-0.3, -0.25) is 0 Å². The highest BCUT2D eigenvalue weighted by Gasteiger charge is 2.37. The molecule has 0 aliphatic carbocycles. The monoisotopic (exact) mass is 258 g/mol. The average molecular weight is 258 g/mol. The number of rotatable bonds is 0. The summed E-state index contributed by atoms with van der Waals surface area (Å²) < 4.78 is 46.3. The van der Waals surface area contributed by atoms with Crippen LogP contribution in [0.5, 0.6) is 0 Å². The number of hydrogen-bond acceptors (Lipinski definition) is 5. The maximum Gasteiger partial charge on any atom is 0.180 e. The summed E-state index contributed by atoms with van der Waals surface area (Å²) in [5.41, 5.74) is 0. The number of hydrogen-bond donors (Lipinski definition) is 0. The minimum atomic E-state index is -3.60. The van der Waals surface area contributed by atoms with Crippen LogP contribution in [-0.4, -0.2) is 44.0 Å². The van der Waals surface area contributed by atoms with E-state index < -0.39 is 31.2 Å². The van der Waals surface area contributed by atoms with Crippen molar-refractivity contribution in [1.82, 2.24) is 0 Å². The normalized spacial score (nSPS) is 22.1. The Morgan fingerprint density at radius 1 is 0.867 bits per heavy atom. The maximum absolute atomic E-state index is 11.6. The molecule has 0 bridgehead atoms. The van der Waals surface area contributed by atoms with Gasteiger partial charge in [-0.25, -0.2) is 16.8 Å².